The van der Waals surface area contributed by atoms with Crippen molar-refractivity contribution in [3.05, 3.63) is 34.9 Å². The van der Waals surface area contributed by atoms with Gasteiger partial charge in [0.25, 0.3) is 0 Å². The van der Waals surface area contributed by atoms with Crippen LogP contribution in [0.25, 0.3) is 0 Å². The summed E-state index contributed by atoms with van der Waals surface area (Å²) in [6.45, 7) is 3.88. The molecule has 1 unspecified atom stereocenters. The molecule has 0 bridgehead atoms. The lowest BCUT2D eigenvalue weighted by Gasteiger charge is -2.13. The van der Waals surface area contributed by atoms with Crippen LogP contribution < -0.4 is 0 Å². The molecule has 1 aromatic rings. The SMILES string of the molecule is COC(=O)C(C)c1ccc(CBr)cc1C. The molecule has 0 amide bonds. The highest BCUT2D eigenvalue weighted by Crippen LogP contribution is 2.22. The molecule has 0 aliphatic heterocycles. The summed E-state index contributed by atoms with van der Waals surface area (Å²) in [7, 11) is 1.42. The van der Waals surface area contributed by atoms with Gasteiger partial charge in [0.05, 0.1) is 13.0 Å². The van der Waals surface area contributed by atoms with Gasteiger partial charge in [-0.15, -0.1) is 0 Å². The zero-order valence-corrected chi connectivity index (χ0v) is 10.8. The van der Waals surface area contributed by atoms with Gasteiger partial charge in [-0.2, -0.15) is 0 Å². The van der Waals surface area contributed by atoms with Crippen molar-refractivity contribution in [2.24, 2.45) is 0 Å². The van der Waals surface area contributed by atoms with E-state index in [9.17, 15) is 4.79 Å². The van der Waals surface area contributed by atoms with E-state index in [1.165, 1.54) is 12.7 Å². The second-order valence-electron chi connectivity index (χ2n) is 3.57. The standard InChI is InChI=1S/C12H15BrO2/c1-8-6-10(7-13)4-5-11(8)9(2)12(14)15-3/h4-6,9H,7H2,1-3H3. The molecule has 1 aromatic carbocycles. The molecule has 0 saturated heterocycles. The number of halogens is 1. The first-order valence-corrected chi connectivity index (χ1v) is 5.95. The van der Waals surface area contributed by atoms with Crippen molar-refractivity contribution in [1.82, 2.24) is 0 Å². The van der Waals surface area contributed by atoms with Gasteiger partial charge in [-0.1, -0.05) is 34.1 Å². The van der Waals surface area contributed by atoms with E-state index in [-0.39, 0.29) is 11.9 Å². The normalized spacial score (nSPS) is 12.3. The second kappa shape index (κ2) is 5.31. The molecule has 0 aromatic heterocycles. The van der Waals surface area contributed by atoms with E-state index >= 15 is 0 Å². The van der Waals surface area contributed by atoms with Gasteiger partial charge in [0.2, 0.25) is 0 Å². The lowest BCUT2D eigenvalue weighted by atomic mass is 9.95. The van der Waals surface area contributed by atoms with E-state index in [0.717, 1.165) is 16.5 Å². The number of carbonyl (C=O) groups is 1. The van der Waals surface area contributed by atoms with E-state index in [0.29, 0.717) is 0 Å². The van der Waals surface area contributed by atoms with Crippen LogP contribution in [-0.4, -0.2) is 13.1 Å². The van der Waals surface area contributed by atoms with Crippen molar-refractivity contribution in [3.8, 4) is 0 Å². The Morgan fingerprint density at radius 2 is 2.20 bits per heavy atom. The van der Waals surface area contributed by atoms with Gasteiger partial charge in [-0.05, 0) is 30.5 Å². The minimum Gasteiger partial charge on any atom is -0.469 e. The average Bonchev–Trinajstić information content (AvgIpc) is 2.26. The average molecular weight is 271 g/mol. The van der Waals surface area contributed by atoms with Crippen molar-refractivity contribution >= 4 is 21.9 Å². The zero-order chi connectivity index (χ0) is 11.4. The number of hydrogen-bond acceptors (Lipinski definition) is 2. The number of methoxy groups -OCH3 is 1. The van der Waals surface area contributed by atoms with E-state index in [1.54, 1.807) is 0 Å². The first-order valence-electron chi connectivity index (χ1n) is 4.83. The smallest absolute Gasteiger partial charge is 0.312 e. The predicted octanol–water partition coefficient (Wildman–Crippen LogP) is 3.17. The minimum absolute atomic E-state index is 0.190. The third kappa shape index (κ3) is 2.81. The molecule has 1 atom stereocenters. The minimum atomic E-state index is -0.195. The van der Waals surface area contributed by atoms with Crippen LogP contribution >= 0.6 is 15.9 Å². The Hall–Kier alpha value is -0.830. The molecule has 0 aliphatic rings. The van der Waals surface area contributed by atoms with Gasteiger partial charge in [0.15, 0.2) is 0 Å². The molecule has 2 nitrogen and oxygen atoms in total. The second-order valence-corrected chi connectivity index (χ2v) is 4.13. The van der Waals surface area contributed by atoms with Crippen LogP contribution in [0.3, 0.4) is 0 Å². The molecule has 1 rings (SSSR count). The van der Waals surface area contributed by atoms with Gasteiger partial charge in [-0.25, -0.2) is 0 Å². The summed E-state index contributed by atoms with van der Waals surface area (Å²) in [5.41, 5.74) is 3.38. The molecule has 0 aliphatic carbocycles. The van der Waals surface area contributed by atoms with Crippen molar-refractivity contribution in [3.63, 3.8) is 0 Å². The Balaban J connectivity index is 3.00. The molecule has 15 heavy (non-hydrogen) atoms. The fraction of sp³-hybridized carbons (Fsp3) is 0.417. The Labute approximate surface area is 98.8 Å². The summed E-state index contributed by atoms with van der Waals surface area (Å²) >= 11 is 3.40. The highest BCUT2D eigenvalue weighted by Gasteiger charge is 2.17. The molecule has 0 heterocycles. The number of benzene rings is 1. The summed E-state index contributed by atoms with van der Waals surface area (Å²) in [5.74, 6) is -0.385. The van der Waals surface area contributed by atoms with E-state index in [4.69, 9.17) is 4.74 Å². The molecule has 0 N–H and O–H groups in total. The maximum atomic E-state index is 11.4. The van der Waals surface area contributed by atoms with Crippen molar-refractivity contribution in [2.75, 3.05) is 7.11 Å². The summed E-state index contributed by atoms with van der Waals surface area (Å²) in [6, 6.07) is 6.10. The number of alkyl halides is 1. The third-order valence-corrected chi connectivity index (χ3v) is 3.16. The van der Waals surface area contributed by atoms with Gasteiger partial charge < -0.3 is 4.74 Å². The van der Waals surface area contributed by atoms with Crippen LogP contribution in [0, 0.1) is 6.92 Å². The maximum absolute atomic E-state index is 11.4. The number of aryl methyl sites for hydroxylation is 1. The molecule has 0 spiro atoms. The first kappa shape index (κ1) is 12.2. The van der Waals surface area contributed by atoms with Crippen LogP contribution in [-0.2, 0) is 14.9 Å². The Kier molecular flexibility index (Phi) is 4.33. The number of rotatable bonds is 3. The van der Waals surface area contributed by atoms with Crippen LogP contribution in [0.1, 0.15) is 29.5 Å². The molecule has 0 radical (unpaired) electrons. The molecular formula is C12H15BrO2. The molecule has 3 heteroatoms. The quantitative estimate of drug-likeness (QED) is 0.623. The van der Waals surface area contributed by atoms with E-state index in [2.05, 4.69) is 22.0 Å². The van der Waals surface area contributed by atoms with Crippen molar-refractivity contribution in [1.29, 1.82) is 0 Å². The Morgan fingerprint density at radius 1 is 1.53 bits per heavy atom. The molecule has 82 valence electrons. The van der Waals surface area contributed by atoms with Crippen LogP contribution in [0.5, 0.6) is 0 Å². The molecular weight excluding hydrogens is 256 g/mol. The lowest BCUT2D eigenvalue weighted by molar-refractivity contribution is -0.142. The number of esters is 1. The summed E-state index contributed by atoms with van der Waals surface area (Å²) in [5, 5.41) is 0.834. The topological polar surface area (TPSA) is 26.3 Å². The zero-order valence-electron chi connectivity index (χ0n) is 9.21. The highest BCUT2D eigenvalue weighted by atomic mass is 79.9. The van der Waals surface area contributed by atoms with Gasteiger partial charge >= 0.3 is 5.97 Å². The summed E-state index contributed by atoms with van der Waals surface area (Å²) < 4.78 is 4.73. The Bertz CT molecular complexity index is 361. The monoisotopic (exact) mass is 270 g/mol. The van der Waals surface area contributed by atoms with Crippen molar-refractivity contribution in [2.45, 2.75) is 25.1 Å². The summed E-state index contributed by atoms with van der Waals surface area (Å²) in [6.07, 6.45) is 0. The van der Waals surface area contributed by atoms with Crippen molar-refractivity contribution < 1.29 is 9.53 Å². The van der Waals surface area contributed by atoms with Gasteiger partial charge in [0.1, 0.15) is 0 Å². The largest absolute Gasteiger partial charge is 0.469 e. The Morgan fingerprint density at radius 3 is 2.67 bits per heavy atom. The molecule has 0 saturated carbocycles. The fourth-order valence-electron chi connectivity index (χ4n) is 1.61. The van der Waals surface area contributed by atoms with Gasteiger partial charge in [0, 0.05) is 5.33 Å². The lowest BCUT2D eigenvalue weighted by Crippen LogP contribution is -2.12. The number of ether oxygens (including phenoxy) is 1. The third-order valence-electron chi connectivity index (χ3n) is 2.51. The highest BCUT2D eigenvalue weighted by molar-refractivity contribution is 9.08. The number of hydrogen-bond donors (Lipinski definition) is 0. The summed E-state index contributed by atoms with van der Waals surface area (Å²) in [4.78, 5) is 11.4. The number of carbonyl (C=O) groups excluding carboxylic acids is 1. The maximum Gasteiger partial charge on any atom is 0.312 e. The van der Waals surface area contributed by atoms with Crippen LogP contribution in [0.4, 0.5) is 0 Å². The van der Waals surface area contributed by atoms with Crippen LogP contribution in [0.15, 0.2) is 18.2 Å². The van der Waals surface area contributed by atoms with E-state index < -0.39 is 0 Å². The van der Waals surface area contributed by atoms with Crippen LogP contribution in [0.2, 0.25) is 0 Å². The molecule has 0 fully saturated rings. The van der Waals surface area contributed by atoms with E-state index in [1.807, 2.05) is 26.0 Å². The first-order chi connectivity index (χ1) is 7.10. The predicted molar refractivity (Wildman–Crippen MR) is 64.2 cm³/mol. The van der Waals surface area contributed by atoms with Gasteiger partial charge in [-0.3, -0.25) is 4.79 Å². The fourth-order valence-corrected chi connectivity index (χ4v) is 1.96.